The number of hydrogen-bond acceptors (Lipinski definition) is 5. The SMILES string of the molecule is O=C(Cc1csc(Nc2ccc(OC(F)(F)F)cc2)n1)NCCc1c[nH]c2ccccc12. The number of hydrogen-bond donors (Lipinski definition) is 3. The molecule has 4 aromatic rings. The van der Waals surface area contributed by atoms with Gasteiger partial charge < -0.3 is 20.4 Å². The van der Waals surface area contributed by atoms with Crippen molar-refractivity contribution < 1.29 is 22.7 Å². The normalized spacial score (nSPS) is 11.5. The maximum atomic E-state index is 12.2. The molecule has 0 aliphatic heterocycles. The molecule has 10 heteroatoms. The Morgan fingerprint density at radius 3 is 2.69 bits per heavy atom. The van der Waals surface area contributed by atoms with E-state index in [0.29, 0.717) is 29.5 Å². The van der Waals surface area contributed by atoms with Crippen LogP contribution in [0.2, 0.25) is 0 Å². The number of fused-ring (bicyclic) bond motifs is 1. The third-order valence-corrected chi connectivity index (χ3v) is 5.43. The molecular formula is C22H19F3N4O2S. The number of H-pyrrole nitrogens is 1. The maximum absolute atomic E-state index is 12.2. The zero-order valence-corrected chi connectivity index (χ0v) is 17.5. The number of para-hydroxylation sites is 1. The predicted molar refractivity (Wildman–Crippen MR) is 117 cm³/mol. The van der Waals surface area contributed by atoms with Crippen molar-refractivity contribution in [2.75, 3.05) is 11.9 Å². The second kappa shape index (κ2) is 9.31. The van der Waals surface area contributed by atoms with Crippen LogP contribution in [0.25, 0.3) is 10.9 Å². The summed E-state index contributed by atoms with van der Waals surface area (Å²) in [5.74, 6) is -0.428. The van der Waals surface area contributed by atoms with E-state index in [1.54, 1.807) is 5.38 Å². The van der Waals surface area contributed by atoms with Crippen molar-refractivity contribution in [3.05, 3.63) is 71.4 Å². The summed E-state index contributed by atoms with van der Waals surface area (Å²) in [5, 5.41) is 9.36. The quantitative estimate of drug-likeness (QED) is 0.339. The van der Waals surface area contributed by atoms with Crippen molar-refractivity contribution in [2.45, 2.75) is 19.2 Å². The molecule has 166 valence electrons. The zero-order chi connectivity index (χ0) is 22.6. The summed E-state index contributed by atoms with van der Waals surface area (Å²) in [6.07, 6.45) is -1.91. The third-order valence-electron chi connectivity index (χ3n) is 4.62. The molecule has 4 rings (SSSR count). The van der Waals surface area contributed by atoms with Crippen LogP contribution >= 0.6 is 11.3 Å². The third kappa shape index (κ3) is 5.79. The number of rotatable bonds is 8. The highest BCUT2D eigenvalue weighted by Gasteiger charge is 2.30. The van der Waals surface area contributed by atoms with E-state index < -0.39 is 6.36 Å². The largest absolute Gasteiger partial charge is 0.573 e. The molecule has 0 aliphatic rings. The van der Waals surface area contributed by atoms with E-state index in [1.807, 2.05) is 30.5 Å². The summed E-state index contributed by atoms with van der Waals surface area (Å²) in [4.78, 5) is 19.8. The fourth-order valence-corrected chi connectivity index (χ4v) is 3.94. The van der Waals surface area contributed by atoms with Crippen molar-refractivity contribution in [3.8, 4) is 5.75 Å². The number of thiazole rings is 1. The Kier molecular flexibility index (Phi) is 6.31. The molecule has 6 nitrogen and oxygen atoms in total. The molecule has 0 saturated carbocycles. The molecule has 0 spiro atoms. The van der Waals surface area contributed by atoms with Gasteiger partial charge in [-0.05, 0) is 42.3 Å². The van der Waals surface area contributed by atoms with E-state index in [-0.39, 0.29) is 18.1 Å². The van der Waals surface area contributed by atoms with Gasteiger partial charge in [-0.25, -0.2) is 4.98 Å². The number of nitrogens with one attached hydrogen (secondary N) is 3. The summed E-state index contributed by atoms with van der Waals surface area (Å²) < 4.78 is 40.5. The lowest BCUT2D eigenvalue weighted by Crippen LogP contribution is -2.27. The predicted octanol–water partition coefficient (Wildman–Crippen LogP) is 5.17. The van der Waals surface area contributed by atoms with E-state index in [4.69, 9.17) is 0 Å². The highest BCUT2D eigenvalue weighted by Crippen LogP contribution is 2.26. The molecule has 0 saturated heterocycles. The molecular weight excluding hydrogens is 441 g/mol. The fraction of sp³-hybridized carbons (Fsp3) is 0.182. The Morgan fingerprint density at radius 1 is 1.12 bits per heavy atom. The Hall–Kier alpha value is -3.53. The summed E-state index contributed by atoms with van der Waals surface area (Å²) in [5.41, 5.74) is 3.38. The number of nitrogens with zero attached hydrogens (tertiary/aromatic N) is 1. The van der Waals surface area contributed by atoms with Crippen molar-refractivity contribution in [2.24, 2.45) is 0 Å². The number of amides is 1. The van der Waals surface area contributed by atoms with Crippen LogP contribution in [-0.2, 0) is 17.6 Å². The van der Waals surface area contributed by atoms with Gasteiger partial charge in [-0.2, -0.15) is 0 Å². The number of ether oxygens (including phenoxy) is 1. The van der Waals surface area contributed by atoms with Crippen LogP contribution in [0.4, 0.5) is 24.0 Å². The van der Waals surface area contributed by atoms with Gasteiger partial charge in [-0.3, -0.25) is 4.79 Å². The number of carbonyl (C=O) groups is 1. The summed E-state index contributed by atoms with van der Waals surface area (Å²) in [6, 6.07) is 13.4. The maximum Gasteiger partial charge on any atom is 0.573 e. The number of alkyl halides is 3. The van der Waals surface area contributed by atoms with Gasteiger partial charge in [0.1, 0.15) is 5.75 Å². The number of aromatic amines is 1. The zero-order valence-electron chi connectivity index (χ0n) is 16.7. The first kappa shape index (κ1) is 21.7. The van der Waals surface area contributed by atoms with Gasteiger partial charge in [0.05, 0.1) is 12.1 Å². The highest BCUT2D eigenvalue weighted by molar-refractivity contribution is 7.13. The molecule has 0 bridgehead atoms. The molecule has 0 radical (unpaired) electrons. The number of aromatic nitrogens is 2. The van der Waals surface area contributed by atoms with E-state index in [0.717, 1.165) is 16.5 Å². The highest BCUT2D eigenvalue weighted by atomic mass is 32.1. The van der Waals surface area contributed by atoms with Crippen LogP contribution in [0, 0.1) is 0 Å². The second-order valence-corrected chi connectivity index (χ2v) is 7.84. The lowest BCUT2D eigenvalue weighted by molar-refractivity contribution is -0.274. The van der Waals surface area contributed by atoms with Crippen LogP contribution in [0.3, 0.4) is 0 Å². The van der Waals surface area contributed by atoms with Crippen molar-refractivity contribution in [3.63, 3.8) is 0 Å². The van der Waals surface area contributed by atoms with Gasteiger partial charge in [0, 0.05) is 34.7 Å². The second-order valence-electron chi connectivity index (χ2n) is 6.98. The first-order valence-corrected chi connectivity index (χ1v) is 10.6. The Balaban J connectivity index is 1.25. The number of halogens is 3. The molecule has 0 atom stereocenters. The van der Waals surface area contributed by atoms with Crippen LogP contribution in [0.5, 0.6) is 5.75 Å². The molecule has 3 N–H and O–H groups in total. The molecule has 2 aromatic carbocycles. The monoisotopic (exact) mass is 460 g/mol. The molecule has 32 heavy (non-hydrogen) atoms. The topological polar surface area (TPSA) is 79.0 Å². The average Bonchev–Trinajstić information content (AvgIpc) is 3.35. The van der Waals surface area contributed by atoms with E-state index in [1.165, 1.54) is 35.6 Å². The van der Waals surface area contributed by atoms with Crippen LogP contribution in [0.15, 0.2) is 60.1 Å². The Bertz CT molecular complexity index is 1200. The van der Waals surface area contributed by atoms with Crippen molar-refractivity contribution in [1.29, 1.82) is 0 Å². The number of benzene rings is 2. The smallest absolute Gasteiger partial charge is 0.406 e. The molecule has 0 unspecified atom stereocenters. The number of carbonyl (C=O) groups excluding carboxylic acids is 1. The first-order chi connectivity index (χ1) is 15.4. The molecule has 0 fully saturated rings. The minimum atomic E-state index is -4.73. The van der Waals surface area contributed by atoms with Gasteiger partial charge in [0.25, 0.3) is 0 Å². The van der Waals surface area contributed by atoms with E-state index in [2.05, 4.69) is 25.3 Å². The standard InChI is InChI=1S/C22H19F3N4O2S/c23-22(24,25)31-17-7-5-15(6-8-17)28-21-29-16(13-32-21)11-20(30)26-10-9-14-12-27-19-4-2-1-3-18(14)19/h1-8,12-13,27H,9-11H2,(H,26,30)(H,28,29). The first-order valence-electron chi connectivity index (χ1n) is 9.75. The molecule has 0 aliphatic carbocycles. The van der Waals surface area contributed by atoms with Crippen molar-refractivity contribution >= 4 is 39.0 Å². The summed E-state index contributed by atoms with van der Waals surface area (Å²) >= 11 is 1.31. The lowest BCUT2D eigenvalue weighted by atomic mass is 10.1. The van der Waals surface area contributed by atoms with Gasteiger partial charge in [0.15, 0.2) is 5.13 Å². The molecule has 1 amide bonds. The van der Waals surface area contributed by atoms with E-state index in [9.17, 15) is 18.0 Å². The van der Waals surface area contributed by atoms with Gasteiger partial charge in [0.2, 0.25) is 5.91 Å². The van der Waals surface area contributed by atoms with Gasteiger partial charge in [-0.1, -0.05) is 18.2 Å². The Labute approximate surface area is 185 Å². The van der Waals surface area contributed by atoms with Gasteiger partial charge in [-0.15, -0.1) is 24.5 Å². The van der Waals surface area contributed by atoms with Crippen LogP contribution in [-0.4, -0.2) is 28.8 Å². The van der Waals surface area contributed by atoms with E-state index >= 15 is 0 Å². The fourth-order valence-electron chi connectivity index (χ4n) is 3.21. The minimum Gasteiger partial charge on any atom is -0.406 e. The van der Waals surface area contributed by atoms with Crippen LogP contribution in [0.1, 0.15) is 11.3 Å². The van der Waals surface area contributed by atoms with Crippen molar-refractivity contribution in [1.82, 2.24) is 15.3 Å². The van der Waals surface area contributed by atoms with Gasteiger partial charge >= 0.3 is 6.36 Å². The minimum absolute atomic E-state index is 0.129. The summed E-state index contributed by atoms with van der Waals surface area (Å²) in [6.45, 7) is 0.516. The lowest BCUT2D eigenvalue weighted by Gasteiger charge is -2.09. The molecule has 2 aromatic heterocycles. The molecule has 2 heterocycles. The average molecular weight is 460 g/mol. The number of anilines is 2. The Morgan fingerprint density at radius 2 is 1.91 bits per heavy atom. The summed E-state index contributed by atoms with van der Waals surface area (Å²) in [7, 11) is 0. The van der Waals surface area contributed by atoms with Crippen LogP contribution < -0.4 is 15.4 Å².